The topological polar surface area (TPSA) is 13.1 Å². The number of fused-ring (bicyclic) bond motifs is 1. The molecular formula is C9H7O. The van der Waals surface area contributed by atoms with E-state index >= 15 is 0 Å². The van der Waals surface area contributed by atoms with E-state index in [0.717, 1.165) is 11.0 Å². The summed E-state index contributed by atoms with van der Waals surface area (Å²) in [6.45, 7) is 2.04. The maximum Gasteiger partial charge on any atom is 0.170 e. The number of rotatable bonds is 0. The van der Waals surface area contributed by atoms with Gasteiger partial charge >= 0.3 is 0 Å². The minimum Gasteiger partial charge on any atom is -0.453 e. The van der Waals surface area contributed by atoms with Gasteiger partial charge in [-0.15, -0.1) is 0 Å². The minimum atomic E-state index is 0.917. The molecule has 0 saturated heterocycles. The monoisotopic (exact) mass is 131 g/mol. The quantitative estimate of drug-likeness (QED) is 0.535. The van der Waals surface area contributed by atoms with Crippen molar-refractivity contribution < 1.29 is 4.42 Å². The average molecular weight is 131 g/mol. The van der Waals surface area contributed by atoms with E-state index in [-0.39, 0.29) is 0 Å². The first-order chi connectivity index (χ1) is 4.86. The van der Waals surface area contributed by atoms with Gasteiger partial charge in [-0.2, -0.15) is 0 Å². The molecule has 1 nitrogen and oxygen atoms in total. The zero-order valence-corrected chi connectivity index (χ0v) is 5.72. The van der Waals surface area contributed by atoms with Crippen LogP contribution in [0.2, 0.25) is 0 Å². The summed E-state index contributed by atoms with van der Waals surface area (Å²) in [6.07, 6.45) is 2.69. The lowest BCUT2D eigenvalue weighted by Gasteiger charge is -1.88. The molecule has 10 heavy (non-hydrogen) atoms. The Morgan fingerprint density at radius 3 is 3.20 bits per heavy atom. The second-order valence-corrected chi connectivity index (χ2v) is 2.41. The molecule has 1 heteroatoms. The van der Waals surface area contributed by atoms with Gasteiger partial charge in [0.05, 0.1) is 0 Å². The molecule has 0 unspecified atom stereocenters. The van der Waals surface area contributed by atoms with Crippen LogP contribution in [0.4, 0.5) is 0 Å². The molecule has 0 atom stereocenters. The summed E-state index contributed by atoms with van der Waals surface area (Å²) in [5.74, 6) is 0. The first-order valence-corrected chi connectivity index (χ1v) is 3.22. The van der Waals surface area contributed by atoms with Crippen LogP contribution in [0.25, 0.3) is 11.0 Å². The maximum atomic E-state index is 5.07. The van der Waals surface area contributed by atoms with Crippen LogP contribution in [0.3, 0.4) is 0 Å². The van der Waals surface area contributed by atoms with Gasteiger partial charge in [0.15, 0.2) is 6.26 Å². The summed E-state index contributed by atoms with van der Waals surface area (Å²) in [5.41, 5.74) is 2.14. The van der Waals surface area contributed by atoms with Gasteiger partial charge < -0.3 is 4.42 Å². The van der Waals surface area contributed by atoms with Crippen LogP contribution in [0.15, 0.2) is 28.7 Å². The summed E-state index contributed by atoms with van der Waals surface area (Å²) in [4.78, 5) is 0. The van der Waals surface area contributed by atoms with E-state index < -0.39 is 0 Å². The molecule has 0 saturated carbocycles. The number of aryl methyl sites for hydroxylation is 1. The van der Waals surface area contributed by atoms with Crippen LogP contribution in [0.5, 0.6) is 0 Å². The van der Waals surface area contributed by atoms with Crippen LogP contribution < -0.4 is 0 Å². The number of hydrogen-bond acceptors (Lipinski definition) is 1. The molecule has 0 N–H and O–H groups in total. The van der Waals surface area contributed by atoms with Crippen molar-refractivity contribution in [1.82, 2.24) is 0 Å². The predicted molar refractivity (Wildman–Crippen MR) is 39.8 cm³/mol. The van der Waals surface area contributed by atoms with Gasteiger partial charge in [-0.25, -0.2) is 0 Å². The third kappa shape index (κ3) is 0.711. The lowest BCUT2D eigenvalue weighted by atomic mass is 10.2. The summed E-state index contributed by atoms with van der Waals surface area (Å²) in [7, 11) is 0. The van der Waals surface area contributed by atoms with Crippen LogP contribution in [0, 0.1) is 13.2 Å². The Hall–Kier alpha value is -1.24. The Kier molecular flexibility index (Phi) is 1.04. The van der Waals surface area contributed by atoms with Gasteiger partial charge in [0, 0.05) is 5.39 Å². The van der Waals surface area contributed by atoms with E-state index in [1.165, 1.54) is 5.56 Å². The molecule has 2 aromatic rings. The van der Waals surface area contributed by atoms with E-state index in [0.29, 0.717) is 0 Å². The average Bonchev–Trinajstić information content (AvgIpc) is 2.33. The molecule has 0 spiro atoms. The summed E-state index contributed by atoms with van der Waals surface area (Å²) in [5, 5.41) is 1.12. The Labute approximate surface area is 59.3 Å². The van der Waals surface area contributed by atoms with Crippen LogP contribution >= 0.6 is 0 Å². The van der Waals surface area contributed by atoms with E-state index in [1.54, 1.807) is 0 Å². The molecule has 0 aliphatic carbocycles. The van der Waals surface area contributed by atoms with Gasteiger partial charge in [-0.1, -0.05) is 12.1 Å². The lowest BCUT2D eigenvalue weighted by molar-refractivity contribution is 0.606. The van der Waals surface area contributed by atoms with Gasteiger partial charge in [-0.05, 0) is 24.6 Å². The Morgan fingerprint density at radius 2 is 2.30 bits per heavy atom. The molecular weight excluding hydrogens is 124 g/mol. The number of furan rings is 1. The second kappa shape index (κ2) is 1.87. The van der Waals surface area contributed by atoms with Gasteiger partial charge in [0.1, 0.15) is 5.58 Å². The van der Waals surface area contributed by atoms with Crippen molar-refractivity contribution in [3.8, 4) is 0 Å². The molecule has 0 aliphatic heterocycles. The highest BCUT2D eigenvalue weighted by atomic mass is 16.3. The summed E-state index contributed by atoms with van der Waals surface area (Å²) < 4.78 is 5.07. The van der Waals surface area contributed by atoms with Gasteiger partial charge in [0.2, 0.25) is 0 Å². The van der Waals surface area contributed by atoms with Crippen LogP contribution in [-0.4, -0.2) is 0 Å². The SMILES string of the molecule is Cc1ccc2c[c]oc2c1. The molecule has 0 amide bonds. The molecule has 1 radical (unpaired) electrons. The largest absolute Gasteiger partial charge is 0.453 e. The number of hydrogen-bond donors (Lipinski definition) is 0. The third-order valence-electron chi connectivity index (χ3n) is 1.55. The highest BCUT2D eigenvalue weighted by Gasteiger charge is 1.94. The van der Waals surface area contributed by atoms with E-state index in [1.807, 2.05) is 25.1 Å². The second-order valence-electron chi connectivity index (χ2n) is 2.41. The Morgan fingerprint density at radius 1 is 1.40 bits per heavy atom. The Bertz CT molecular complexity index is 346. The summed E-state index contributed by atoms with van der Waals surface area (Å²) >= 11 is 0. The molecule has 0 fully saturated rings. The zero-order valence-electron chi connectivity index (χ0n) is 5.72. The fourth-order valence-corrected chi connectivity index (χ4v) is 1.01. The van der Waals surface area contributed by atoms with Crippen LogP contribution in [-0.2, 0) is 0 Å². The van der Waals surface area contributed by atoms with E-state index in [9.17, 15) is 0 Å². The highest BCUT2D eigenvalue weighted by molar-refractivity contribution is 5.77. The van der Waals surface area contributed by atoms with Gasteiger partial charge in [-0.3, -0.25) is 0 Å². The standard InChI is InChI=1S/C9H7O/c1-7-2-3-8-4-5-10-9(8)6-7/h2-4,6H,1H3. The summed E-state index contributed by atoms with van der Waals surface area (Å²) in [6, 6.07) is 7.94. The Balaban J connectivity index is 2.86. The smallest absolute Gasteiger partial charge is 0.170 e. The minimum absolute atomic E-state index is 0.917. The lowest BCUT2D eigenvalue weighted by Crippen LogP contribution is -1.67. The van der Waals surface area contributed by atoms with Crippen molar-refractivity contribution in [3.05, 3.63) is 36.1 Å². The predicted octanol–water partition coefficient (Wildman–Crippen LogP) is 2.54. The van der Waals surface area contributed by atoms with Crippen molar-refractivity contribution in [3.63, 3.8) is 0 Å². The fraction of sp³-hybridized carbons (Fsp3) is 0.111. The molecule has 1 aromatic carbocycles. The fourth-order valence-electron chi connectivity index (χ4n) is 1.01. The van der Waals surface area contributed by atoms with E-state index in [2.05, 4.69) is 12.3 Å². The number of benzene rings is 1. The van der Waals surface area contributed by atoms with Crippen molar-refractivity contribution in [1.29, 1.82) is 0 Å². The molecule has 1 aromatic heterocycles. The van der Waals surface area contributed by atoms with Crippen molar-refractivity contribution in [2.75, 3.05) is 0 Å². The van der Waals surface area contributed by atoms with Crippen molar-refractivity contribution >= 4 is 11.0 Å². The molecule has 0 bridgehead atoms. The first kappa shape index (κ1) is 5.54. The van der Waals surface area contributed by atoms with Crippen molar-refractivity contribution in [2.45, 2.75) is 6.92 Å². The highest BCUT2D eigenvalue weighted by Crippen LogP contribution is 2.15. The zero-order chi connectivity index (χ0) is 6.97. The maximum absolute atomic E-state index is 5.07. The van der Waals surface area contributed by atoms with Crippen LogP contribution in [0.1, 0.15) is 5.56 Å². The normalized spacial score (nSPS) is 10.5. The van der Waals surface area contributed by atoms with Gasteiger partial charge in [0.25, 0.3) is 0 Å². The van der Waals surface area contributed by atoms with E-state index in [4.69, 9.17) is 4.42 Å². The molecule has 0 aliphatic rings. The van der Waals surface area contributed by atoms with Crippen molar-refractivity contribution in [2.24, 2.45) is 0 Å². The molecule has 49 valence electrons. The first-order valence-electron chi connectivity index (χ1n) is 3.22. The molecule has 1 heterocycles. The molecule has 2 rings (SSSR count). The third-order valence-corrected chi connectivity index (χ3v) is 1.55.